The maximum atomic E-state index is 13.3. The molecule has 0 saturated carbocycles. The summed E-state index contributed by atoms with van der Waals surface area (Å²) in [6.45, 7) is 0.194. The van der Waals surface area contributed by atoms with Crippen molar-refractivity contribution in [2.24, 2.45) is 0 Å². The lowest BCUT2D eigenvalue weighted by Gasteiger charge is -2.14. The van der Waals surface area contributed by atoms with E-state index in [0.717, 1.165) is 5.56 Å². The minimum atomic E-state index is -4.18. The van der Waals surface area contributed by atoms with E-state index in [9.17, 15) is 13.2 Å². The zero-order valence-electron chi connectivity index (χ0n) is 15.5. The number of rotatable bonds is 4. The largest absolute Gasteiger partial charge is 0.493 e. The number of esters is 1. The molecule has 0 atom stereocenters. The number of benzene rings is 3. The number of halogens is 2. The Hall–Kier alpha value is -2.74. The van der Waals surface area contributed by atoms with Gasteiger partial charge in [0.25, 0.3) is 0 Å². The fourth-order valence-electron chi connectivity index (χ4n) is 3.03. The van der Waals surface area contributed by atoms with Crippen LogP contribution in [0.3, 0.4) is 0 Å². The highest BCUT2D eigenvalue weighted by molar-refractivity contribution is 7.91. The molecular weight excluding hydrogens is 451 g/mol. The lowest BCUT2D eigenvalue weighted by molar-refractivity contribution is 0.0728. The number of ether oxygens (including phenoxy) is 3. The fourth-order valence-corrected chi connectivity index (χ4v) is 5.29. The van der Waals surface area contributed by atoms with Crippen molar-refractivity contribution in [2.75, 3.05) is 7.11 Å². The number of methoxy groups -OCH3 is 1. The molecule has 0 bridgehead atoms. The molecule has 154 valence electrons. The normalized spacial score (nSPS) is 14.2. The minimum Gasteiger partial charge on any atom is -0.493 e. The van der Waals surface area contributed by atoms with Crippen molar-refractivity contribution in [2.45, 2.75) is 16.4 Å². The second kappa shape index (κ2) is 7.83. The summed E-state index contributed by atoms with van der Waals surface area (Å²) in [5.41, 5.74) is 0.695. The lowest BCUT2D eigenvalue weighted by atomic mass is 10.2. The first-order valence-electron chi connectivity index (χ1n) is 8.66. The van der Waals surface area contributed by atoms with Gasteiger partial charge in [-0.1, -0.05) is 53.5 Å². The quantitative estimate of drug-likeness (QED) is 0.401. The maximum absolute atomic E-state index is 13.3. The Balaban J connectivity index is 1.84. The Morgan fingerprint density at radius 2 is 1.70 bits per heavy atom. The summed E-state index contributed by atoms with van der Waals surface area (Å²) in [7, 11) is -2.81. The maximum Gasteiger partial charge on any atom is 0.345 e. The van der Waals surface area contributed by atoms with Crippen LogP contribution >= 0.6 is 23.2 Å². The van der Waals surface area contributed by atoms with Gasteiger partial charge in [-0.05, 0) is 23.8 Å². The fraction of sp³-hybridized carbons (Fsp3) is 0.0952. The van der Waals surface area contributed by atoms with Crippen LogP contribution in [0.5, 0.6) is 17.2 Å². The van der Waals surface area contributed by atoms with Gasteiger partial charge in [0, 0.05) is 11.1 Å². The monoisotopic (exact) mass is 464 g/mol. The Labute approximate surface area is 182 Å². The highest BCUT2D eigenvalue weighted by Gasteiger charge is 2.36. The molecular formula is C21H14Cl2O6S. The second-order valence-electron chi connectivity index (χ2n) is 6.38. The van der Waals surface area contributed by atoms with E-state index in [2.05, 4.69) is 0 Å². The number of fused-ring (bicyclic) bond motifs is 2. The van der Waals surface area contributed by atoms with Crippen molar-refractivity contribution in [3.63, 3.8) is 0 Å². The van der Waals surface area contributed by atoms with Crippen molar-refractivity contribution in [1.29, 1.82) is 0 Å². The highest BCUT2D eigenvalue weighted by atomic mass is 35.5. The van der Waals surface area contributed by atoms with E-state index >= 15 is 0 Å². The van der Waals surface area contributed by atoms with Gasteiger partial charge in [-0.2, -0.15) is 0 Å². The van der Waals surface area contributed by atoms with Crippen molar-refractivity contribution in [3.05, 3.63) is 75.8 Å². The van der Waals surface area contributed by atoms with Crippen LogP contribution in [0.1, 0.15) is 15.9 Å². The predicted molar refractivity (Wildman–Crippen MR) is 111 cm³/mol. The zero-order valence-corrected chi connectivity index (χ0v) is 17.8. The van der Waals surface area contributed by atoms with Gasteiger partial charge >= 0.3 is 5.97 Å². The summed E-state index contributed by atoms with van der Waals surface area (Å²) < 4.78 is 42.9. The van der Waals surface area contributed by atoms with Crippen molar-refractivity contribution >= 4 is 39.0 Å². The first kappa shape index (κ1) is 20.5. The molecule has 0 radical (unpaired) electrons. The third-order valence-corrected chi connectivity index (χ3v) is 6.77. The van der Waals surface area contributed by atoms with Crippen LogP contribution in [-0.2, 0) is 16.4 Å². The Kier molecular flexibility index (Phi) is 5.36. The van der Waals surface area contributed by atoms with Gasteiger partial charge in [0.05, 0.1) is 22.6 Å². The molecule has 0 saturated heterocycles. The van der Waals surface area contributed by atoms with Gasteiger partial charge in [0.1, 0.15) is 11.5 Å². The number of sulfone groups is 1. The molecule has 0 unspecified atom stereocenters. The van der Waals surface area contributed by atoms with Crippen LogP contribution in [0.2, 0.25) is 10.0 Å². The molecule has 0 N–H and O–H groups in total. The predicted octanol–water partition coefficient (Wildman–Crippen LogP) is 4.95. The average molecular weight is 465 g/mol. The molecule has 3 aromatic carbocycles. The summed E-state index contributed by atoms with van der Waals surface area (Å²) >= 11 is 12.1. The Morgan fingerprint density at radius 3 is 2.40 bits per heavy atom. The molecule has 0 fully saturated rings. The number of carbonyl (C=O) groups is 1. The number of carbonyl (C=O) groups excluding carboxylic acids is 1. The molecule has 1 heterocycles. The number of hydrogen-bond donors (Lipinski definition) is 0. The molecule has 3 aromatic rings. The standard InChI is InChI=1S/C21H14Cl2O6S/c1-27-16-10-18-14(9-17(16)28-11-12-5-3-2-4-6-12)21(24)29-20-15(23)7-13(22)8-19(20)30(18,25)26/h2-10H,11H2,1H3. The van der Waals surface area contributed by atoms with E-state index < -0.39 is 15.8 Å². The Morgan fingerprint density at radius 1 is 0.967 bits per heavy atom. The van der Waals surface area contributed by atoms with Gasteiger partial charge < -0.3 is 14.2 Å². The van der Waals surface area contributed by atoms with E-state index in [4.69, 9.17) is 37.4 Å². The van der Waals surface area contributed by atoms with E-state index in [1.807, 2.05) is 30.3 Å². The van der Waals surface area contributed by atoms with Gasteiger partial charge in [0.2, 0.25) is 9.84 Å². The van der Waals surface area contributed by atoms with Gasteiger partial charge in [-0.15, -0.1) is 0 Å². The molecule has 1 aliphatic rings. The second-order valence-corrected chi connectivity index (χ2v) is 9.11. The molecule has 0 aromatic heterocycles. The summed E-state index contributed by atoms with van der Waals surface area (Å²) in [5.74, 6) is -0.809. The van der Waals surface area contributed by atoms with Gasteiger partial charge in [-0.3, -0.25) is 0 Å². The summed E-state index contributed by atoms with van der Waals surface area (Å²) in [6, 6.07) is 14.4. The molecule has 6 nitrogen and oxygen atoms in total. The molecule has 4 rings (SSSR count). The van der Waals surface area contributed by atoms with Crippen LogP contribution < -0.4 is 14.2 Å². The van der Waals surface area contributed by atoms with Crippen molar-refractivity contribution in [3.8, 4) is 17.2 Å². The summed E-state index contributed by atoms with van der Waals surface area (Å²) in [6.07, 6.45) is 0. The van der Waals surface area contributed by atoms with E-state index in [0.29, 0.717) is 0 Å². The smallest absolute Gasteiger partial charge is 0.345 e. The highest BCUT2D eigenvalue weighted by Crippen LogP contribution is 2.44. The van der Waals surface area contributed by atoms with Crippen molar-refractivity contribution in [1.82, 2.24) is 0 Å². The molecule has 30 heavy (non-hydrogen) atoms. The topological polar surface area (TPSA) is 78.9 Å². The van der Waals surface area contributed by atoms with Crippen LogP contribution in [0.25, 0.3) is 0 Å². The van der Waals surface area contributed by atoms with Gasteiger partial charge in [0.15, 0.2) is 17.2 Å². The van der Waals surface area contributed by atoms with Crippen molar-refractivity contribution < 1.29 is 27.4 Å². The zero-order chi connectivity index (χ0) is 21.5. The first-order chi connectivity index (χ1) is 14.3. The Bertz CT molecular complexity index is 1260. The van der Waals surface area contributed by atoms with E-state index in [-0.39, 0.29) is 49.3 Å². The van der Waals surface area contributed by atoms with Crippen LogP contribution in [-0.4, -0.2) is 21.5 Å². The molecule has 0 spiro atoms. The third kappa shape index (κ3) is 3.60. The first-order valence-corrected chi connectivity index (χ1v) is 10.9. The van der Waals surface area contributed by atoms with E-state index in [1.54, 1.807) is 0 Å². The molecule has 1 aliphatic heterocycles. The summed E-state index contributed by atoms with van der Waals surface area (Å²) in [5, 5.41) is 0.00588. The SMILES string of the molecule is COc1cc2c(cc1OCc1ccccc1)C(=O)Oc1c(Cl)cc(Cl)cc1S2(=O)=O. The van der Waals surface area contributed by atoms with Crippen LogP contribution in [0.4, 0.5) is 0 Å². The summed E-state index contributed by atoms with van der Waals surface area (Å²) in [4.78, 5) is 12.2. The average Bonchev–Trinajstić information content (AvgIpc) is 2.80. The minimum absolute atomic E-state index is 0.0882. The number of hydrogen-bond acceptors (Lipinski definition) is 6. The van der Waals surface area contributed by atoms with Crippen LogP contribution in [0.15, 0.2) is 64.4 Å². The molecule has 0 aliphatic carbocycles. The molecule has 0 amide bonds. The van der Waals surface area contributed by atoms with Gasteiger partial charge in [-0.25, -0.2) is 13.2 Å². The third-order valence-electron chi connectivity index (χ3n) is 4.47. The lowest BCUT2D eigenvalue weighted by Crippen LogP contribution is -2.11. The van der Waals surface area contributed by atoms with Crippen LogP contribution in [0, 0.1) is 0 Å². The molecule has 9 heteroatoms. The van der Waals surface area contributed by atoms with E-state index in [1.165, 1.54) is 31.4 Å².